The highest BCUT2D eigenvalue weighted by Crippen LogP contribution is 2.38. The van der Waals surface area contributed by atoms with Crippen LogP contribution in [0.25, 0.3) is 22.5 Å². The van der Waals surface area contributed by atoms with Crippen molar-refractivity contribution in [2.24, 2.45) is 5.92 Å². The maximum atomic E-state index is 5.97. The minimum Gasteiger partial charge on any atom is -0.419 e. The van der Waals surface area contributed by atoms with Crippen molar-refractivity contribution >= 4 is 10.9 Å². The highest BCUT2D eigenvalue weighted by atomic mass is 16.4. The van der Waals surface area contributed by atoms with Crippen LogP contribution in [0.15, 0.2) is 34.7 Å². The second kappa shape index (κ2) is 5.84. The zero-order valence-corrected chi connectivity index (χ0v) is 13.8. The quantitative estimate of drug-likeness (QED) is 0.681. The first-order valence-corrected chi connectivity index (χ1v) is 8.65. The smallest absolute Gasteiger partial charge is 0.264 e. The topological polar surface area (TPSA) is 43.9 Å². The lowest BCUT2D eigenvalue weighted by atomic mass is 10.1. The Balaban J connectivity index is 1.82. The first kappa shape index (κ1) is 14.5. The van der Waals surface area contributed by atoms with E-state index in [1.807, 2.05) is 0 Å². The molecule has 0 amide bonds. The van der Waals surface area contributed by atoms with Crippen LogP contribution in [-0.4, -0.2) is 14.8 Å². The van der Waals surface area contributed by atoms with Gasteiger partial charge >= 0.3 is 0 Å². The largest absolute Gasteiger partial charge is 0.419 e. The molecular weight excluding hydrogens is 286 g/mol. The van der Waals surface area contributed by atoms with Crippen LogP contribution < -0.4 is 0 Å². The molecule has 0 spiro atoms. The lowest BCUT2D eigenvalue weighted by Crippen LogP contribution is -2.06. The average molecular weight is 309 g/mol. The number of para-hydroxylation sites is 1. The Morgan fingerprint density at radius 3 is 2.74 bits per heavy atom. The Morgan fingerprint density at radius 2 is 1.96 bits per heavy atom. The van der Waals surface area contributed by atoms with Gasteiger partial charge in [-0.1, -0.05) is 44.9 Å². The molecule has 120 valence electrons. The first-order chi connectivity index (χ1) is 11.2. The predicted molar refractivity (Wildman–Crippen MR) is 91.3 cm³/mol. The standard InChI is InChI=1S/C19H23N3O/c1-13(2)11-18-20-21-19(23-18)17-12-14-7-3-6-10-16(14)22(17)15-8-4-5-9-15/h3,6-7,10,12-13,15H,4-5,8-9,11H2,1-2H3. The van der Waals surface area contributed by atoms with Crippen LogP contribution in [0.2, 0.25) is 0 Å². The molecule has 4 heteroatoms. The van der Waals surface area contributed by atoms with E-state index in [9.17, 15) is 0 Å². The summed E-state index contributed by atoms with van der Waals surface area (Å²) < 4.78 is 8.39. The summed E-state index contributed by atoms with van der Waals surface area (Å²) >= 11 is 0. The minimum absolute atomic E-state index is 0.518. The summed E-state index contributed by atoms with van der Waals surface area (Å²) in [5.74, 6) is 1.91. The van der Waals surface area contributed by atoms with Crippen LogP contribution in [0.5, 0.6) is 0 Å². The van der Waals surface area contributed by atoms with Gasteiger partial charge in [0.15, 0.2) is 0 Å². The van der Waals surface area contributed by atoms with Gasteiger partial charge in [-0.2, -0.15) is 0 Å². The van der Waals surface area contributed by atoms with Crippen LogP contribution in [0.4, 0.5) is 0 Å². The lowest BCUT2D eigenvalue weighted by Gasteiger charge is -2.16. The zero-order chi connectivity index (χ0) is 15.8. The molecule has 4 rings (SSSR count). The molecule has 1 saturated carbocycles. The fraction of sp³-hybridized carbons (Fsp3) is 0.474. The molecule has 0 bridgehead atoms. The fourth-order valence-electron chi connectivity index (χ4n) is 3.69. The van der Waals surface area contributed by atoms with Gasteiger partial charge in [-0.15, -0.1) is 10.2 Å². The summed E-state index contributed by atoms with van der Waals surface area (Å²) in [6.07, 6.45) is 5.91. The number of benzene rings is 1. The maximum Gasteiger partial charge on any atom is 0.264 e. The third-order valence-electron chi connectivity index (χ3n) is 4.71. The maximum absolute atomic E-state index is 5.97. The Bertz CT molecular complexity index is 809. The Kier molecular flexibility index (Phi) is 3.68. The number of nitrogens with zero attached hydrogens (tertiary/aromatic N) is 3. The van der Waals surface area contributed by atoms with Crippen molar-refractivity contribution in [1.82, 2.24) is 14.8 Å². The molecule has 0 aliphatic heterocycles. The monoisotopic (exact) mass is 309 g/mol. The summed E-state index contributed by atoms with van der Waals surface area (Å²) in [4.78, 5) is 0. The summed E-state index contributed by atoms with van der Waals surface area (Å²) in [5.41, 5.74) is 2.35. The van der Waals surface area contributed by atoms with Gasteiger partial charge in [0.2, 0.25) is 5.89 Å². The van der Waals surface area contributed by atoms with Crippen molar-refractivity contribution in [3.8, 4) is 11.6 Å². The van der Waals surface area contributed by atoms with Crippen molar-refractivity contribution in [2.45, 2.75) is 52.0 Å². The van der Waals surface area contributed by atoms with Crippen LogP contribution in [0.1, 0.15) is 51.5 Å². The molecule has 0 unspecified atom stereocenters. The predicted octanol–water partition coefficient (Wildman–Crippen LogP) is 5.00. The van der Waals surface area contributed by atoms with Crippen molar-refractivity contribution in [1.29, 1.82) is 0 Å². The van der Waals surface area contributed by atoms with Crippen LogP contribution in [0.3, 0.4) is 0 Å². The van der Waals surface area contributed by atoms with E-state index in [-0.39, 0.29) is 0 Å². The first-order valence-electron chi connectivity index (χ1n) is 8.65. The molecule has 3 aromatic rings. The van der Waals surface area contributed by atoms with Gasteiger partial charge < -0.3 is 8.98 Å². The molecule has 0 saturated heterocycles. The minimum atomic E-state index is 0.518. The molecule has 23 heavy (non-hydrogen) atoms. The molecule has 0 N–H and O–H groups in total. The number of hydrogen-bond donors (Lipinski definition) is 0. The second-order valence-electron chi connectivity index (χ2n) is 7.00. The van der Waals surface area contributed by atoms with E-state index in [1.165, 1.54) is 36.6 Å². The van der Waals surface area contributed by atoms with Gasteiger partial charge in [0, 0.05) is 23.4 Å². The third-order valence-corrected chi connectivity index (χ3v) is 4.71. The molecule has 1 aromatic carbocycles. The van der Waals surface area contributed by atoms with E-state index in [0.717, 1.165) is 18.0 Å². The third kappa shape index (κ3) is 2.67. The number of hydrogen-bond acceptors (Lipinski definition) is 3. The van der Waals surface area contributed by atoms with Crippen molar-refractivity contribution in [3.05, 3.63) is 36.2 Å². The lowest BCUT2D eigenvalue weighted by molar-refractivity contribution is 0.459. The fourth-order valence-corrected chi connectivity index (χ4v) is 3.69. The van der Waals surface area contributed by atoms with E-state index < -0.39 is 0 Å². The number of fused-ring (bicyclic) bond motifs is 1. The molecule has 4 nitrogen and oxygen atoms in total. The Hall–Kier alpha value is -2.10. The van der Waals surface area contributed by atoms with Gasteiger partial charge in [0.25, 0.3) is 5.89 Å². The molecule has 2 heterocycles. The highest BCUT2D eigenvalue weighted by Gasteiger charge is 2.24. The number of rotatable bonds is 4. The van der Waals surface area contributed by atoms with E-state index in [2.05, 4.69) is 58.9 Å². The van der Waals surface area contributed by atoms with Crippen molar-refractivity contribution in [3.63, 3.8) is 0 Å². The van der Waals surface area contributed by atoms with Crippen LogP contribution >= 0.6 is 0 Å². The van der Waals surface area contributed by atoms with Crippen LogP contribution in [-0.2, 0) is 6.42 Å². The summed E-state index contributed by atoms with van der Waals surface area (Å²) in [6.45, 7) is 4.33. The summed E-state index contributed by atoms with van der Waals surface area (Å²) in [5, 5.41) is 9.82. The summed E-state index contributed by atoms with van der Waals surface area (Å²) in [7, 11) is 0. The molecule has 1 aliphatic rings. The van der Waals surface area contributed by atoms with Gasteiger partial charge in [-0.3, -0.25) is 0 Å². The van der Waals surface area contributed by atoms with Gasteiger partial charge in [-0.05, 0) is 30.9 Å². The normalized spacial score (nSPS) is 16.0. The molecule has 0 atom stereocenters. The zero-order valence-electron chi connectivity index (χ0n) is 13.8. The van der Waals surface area contributed by atoms with Crippen molar-refractivity contribution < 1.29 is 4.42 Å². The van der Waals surface area contributed by atoms with Crippen molar-refractivity contribution in [2.75, 3.05) is 0 Å². The van der Waals surface area contributed by atoms with Gasteiger partial charge in [-0.25, -0.2) is 0 Å². The Morgan fingerprint density at radius 1 is 1.17 bits per heavy atom. The Labute approximate surface area is 136 Å². The highest BCUT2D eigenvalue weighted by molar-refractivity contribution is 5.85. The van der Waals surface area contributed by atoms with E-state index in [4.69, 9.17) is 4.42 Å². The van der Waals surface area contributed by atoms with E-state index in [1.54, 1.807) is 0 Å². The van der Waals surface area contributed by atoms with E-state index in [0.29, 0.717) is 17.9 Å². The molecule has 2 aromatic heterocycles. The molecule has 1 fully saturated rings. The van der Waals surface area contributed by atoms with E-state index >= 15 is 0 Å². The molecular formula is C19H23N3O. The SMILES string of the molecule is CC(C)Cc1nnc(-c2cc3ccccc3n2C2CCCC2)o1. The van der Waals surface area contributed by atoms with Gasteiger partial charge in [0.1, 0.15) is 5.69 Å². The summed E-state index contributed by atoms with van der Waals surface area (Å²) in [6, 6.07) is 11.3. The molecule has 1 aliphatic carbocycles. The molecule has 0 radical (unpaired) electrons. The average Bonchev–Trinajstić information content (AvgIpc) is 3.24. The van der Waals surface area contributed by atoms with Gasteiger partial charge in [0.05, 0.1) is 0 Å². The second-order valence-corrected chi connectivity index (χ2v) is 7.00. The van der Waals surface area contributed by atoms with Crippen LogP contribution in [0, 0.1) is 5.92 Å². The number of aromatic nitrogens is 3.